The highest BCUT2D eigenvalue weighted by atomic mass is 32.1. The summed E-state index contributed by atoms with van der Waals surface area (Å²) in [6.45, 7) is 5.42. The van der Waals surface area contributed by atoms with E-state index in [1.165, 1.54) is 11.3 Å². The van der Waals surface area contributed by atoms with E-state index in [0.29, 0.717) is 41.8 Å². The third-order valence-corrected chi connectivity index (χ3v) is 5.99. The monoisotopic (exact) mass is 387 g/mol. The number of thiazole rings is 1. The van der Waals surface area contributed by atoms with Gasteiger partial charge in [-0.2, -0.15) is 0 Å². The Labute approximate surface area is 163 Å². The fourth-order valence-corrected chi connectivity index (χ4v) is 4.20. The van der Waals surface area contributed by atoms with Gasteiger partial charge >= 0.3 is 0 Å². The number of aromatic nitrogens is 1. The summed E-state index contributed by atoms with van der Waals surface area (Å²) in [6, 6.07) is 9.99. The molecule has 3 rings (SSSR count). The smallest absolute Gasteiger partial charge is 0.273 e. The predicted molar refractivity (Wildman–Crippen MR) is 105 cm³/mol. The highest BCUT2D eigenvalue weighted by molar-refractivity contribution is 7.15. The second kappa shape index (κ2) is 8.52. The number of benzene rings is 1. The van der Waals surface area contributed by atoms with Gasteiger partial charge in [-0.3, -0.25) is 9.59 Å². The molecule has 2 amide bonds. The molecule has 1 saturated heterocycles. The van der Waals surface area contributed by atoms with Crippen molar-refractivity contribution in [2.24, 2.45) is 0 Å². The van der Waals surface area contributed by atoms with Crippen molar-refractivity contribution in [3.8, 4) is 5.19 Å². The van der Waals surface area contributed by atoms with Crippen LogP contribution in [0.15, 0.2) is 30.3 Å². The van der Waals surface area contributed by atoms with Crippen LogP contribution >= 0.6 is 11.3 Å². The summed E-state index contributed by atoms with van der Waals surface area (Å²) >= 11 is 1.26. The van der Waals surface area contributed by atoms with E-state index >= 15 is 0 Å². The number of methoxy groups -OCH3 is 1. The second-order valence-corrected chi connectivity index (χ2v) is 7.63. The molecule has 7 heteroatoms. The van der Waals surface area contributed by atoms with Gasteiger partial charge in [0.05, 0.1) is 12.8 Å². The van der Waals surface area contributed by atoms with E-state index in [1.807, 2.05) is 42.2 Å². The van der Waals surface area contributed by atoms with E-state index < -0.39 is 0 Å². The molecular formula is C20H25N3O3S. The predicted octanol–water partition coefficient (Wildman–Crippen LogP) is 3.11. The van der Waals surface area contributed by atoms with Crippen LogP contribution in [0.1, 0.15) is 40.7 Å². The molecule has 2 aromatic rings. The van der Waals surface area contributed by atoms with Crippen molar-refractivity contribution < 1.29 is 14.3 Å². The molecule has 1 fully saturated rings. The van der Waals surface area contributed by atoms with Crippen LogP contribution in [-0.2, 0) is 11.3 Å². The lowest BCUT2D eigenvalue weighted by molar-refractivity contribution is -0.133. The Balaban J connectivity index is 1.79. The van der Waals surface area contributed by atoms with Crippen LogP contribution in [0.5, 0.6) is 5.19 Å². The topological polar surface area (TPSA) is 62.7 Å². The Bertz CT molecular complexity index is 806. The maximum absolute atomic E-state index is 13.0. The van der Waals surface area contributed by atoms with Crippen molar-refractivity contribution in [2.75, 3.05) is 20.2 Å². The molecular weight excluding hydrogens is 362 g/mol. The Morgan fingerprint density at radius 1 is 1.33 bits per heavy atom. The Morgan fingerprint density at radius 3 is 2.70 bits per heavy atom. The quantitative estimate of drug-likeness (QED) is 0.791. The van der Waals surface area contributed by atoms with Gasteiger partial charge in [-0.25, -0.2) is 4.98 Å². The number of ether oxygens (including phenoxy) is 1. The summed E-state index contributed by atoms with van der Waals surface area (Å²) in [5.41, 5.74) is 1.78. The van der Waals surface area contributed by atoms with Crippen molar-refractivity contribution in [2.45, 2.75) is 39.3 Å². The third-order valence-electron chi connectivity index (χ3n) is 4.89. The Kier molecular flexibility index (Phi) is 6.11. The first-order valence-corrected chi connectivity index (χ1v) is 9.99. The minimum absolute atomic E-state index is 0.000667. The van der Waals surface area contributed by atoms with Crippen molar-refractivity contribution in [1.82, 2.24) is 14.8 Å². The molecule has 0 radical (unpaired) electrons. The highest BCUT2D eigenvalue weighted by Crippen LogP contribution is 2.27. The van der Waals surface area contributed by atoms with Crippen molar-refractivity contribution in [3.05, 3.63) is 46.5 Å². The Hall–Kier alpha value is -2.41. The van der Waals surface area contributed by atoms with Crippen LogP contribution in [0.2, 0.25) is 0 Å². The molecule has 2 heterocycles. The van der Waals surface area contributed by atoms with Crippen LogP contribution in [0.4, 0.5) is 0 Å². The van der Waals surface area contributed by atoms with Gasteiger partial charge < -0.3 is 14.5 Å². The summed E-state index contributed by atoms with van der Waals surface area (Å²) in [4.78, 5) is 34.4. The molecule has 1 atom stereocenters. The average molecular weight is 388 g/mol. The van der Waals surface area contributed by atoms with Crippen molar-refractivity contribution in [3.63, 3.8) is 0 Å². The van der Waals surface area contributed by atoms with Gasteiger partial charge in [-0.05, 0) is 18.9 Å². The Morgan fingerprint density at radius 2 is 2.07 bits per heavy atom. The fraction of sp³-hybridized carbons (Fsp3) is 0.450. The molecule has 1 aliphatic rings. The zero-order chi connectivity index (χ0) is 19.4. The van der Waals surface area contributed by atoms with E-state index in [-0.39, 0.29) is 17.9 Å². The maximum atomic E-state index is 13.0. The first-order chi connectivity index (χ1) is 13.0. The summed E-state index contributed by atoms with van der Waals surface area (Å²) in [5, 5.41) is 0.486. The maximum Gasteiger partial charge on any atom is 0.273 e. The van der Waals surface area contributed by atoms with Gasteiger partial charge in [0.2, 0.25) is 5.91 Å². The van der Waals surface area contributed by atoms with Gasteiger partial charge in [0.15, 0.2) is 0 Å². The number of carbonyl (C=O) groups is 2. The lowest BCUT2D eigenvalue weighted by Gasteiger charge is -2.31. The van der Waals surface area contributed by atoms with E-state index in [2.05, 4.69) is 11.9 Å². The molecule has 1 aromatic heterocycles. The van der Waals surface area contributed by atoms with E-state index in [4.69, 9.17) is 4.74 Å². The number of carbonyl (C=O) groups excluding carboxylic acids is 2. The molecule has 144 valence electrons. The van der Waals surface area contributed by atoms with Crippen LogP contribution in [0.25, 0.3) is 0 Å². The number of nitrogens with zero attached hydrogens (tertiary/aromatic N) is 3. The minimum atomic E-state index is -0.0684. The van der Waals surface area contributed by atoms with Gasteiger partial charge in [-0.1, -0.05) is 48.6 Å². The van der Waals surface area contributed by atoms with Crippen molar-refractivity contribution in [1.29, 1.82) is 0 Å². The average Bonchev–Trinajstić information content (AvgIpc) is 2.99. The van der Waals surface area contributed by atoms with Crippen LogP contribution in [0, 0.1) is 6.92 Å². The van der Waals surface area contributed by atoms with Crippen LogP contribution in [0.3, 0.4) is 0 Å². The van der Waals surface area contributed by atoms with Gasteiger partial charge in [0, 0.05) is 32.1 Å². The number of hydrogen-bond acceptors (Lipinski definition) is 5. The summed E-state index contributed by atoms with van der Waals surface area (Å²) in [6.07, 6.45) is 1.14. The largest absolute Gasteiger partial charge is 0.473 e. The second-order valence-electron chi connectivity index (χ2n) is 6.67. The molecule has 0 spiro atoms. The van der Waals surface area contributed by atoms with Crippen LogP contribution < -0.4 is 4.74 Å². The SMILES string of the molecule is CC[C@@H]1CN(C(=O)c2sc(OC)nc2C)CCC(=O)N1Cc1ccccc1. The molecule has 1 aromatic carbocycles. The lowest BCUT2D eigenvalue weighted by Crippen LogP contribution is -2.43. The molecule has 27 heavy (non-hydrogen) atoms. The lowest BCUT2D eigenvalue weighted by atomic mass is 10.1. The normalized spacial score (nSPS) is 17.7. The van der Waals surface area contributed by atoms with Gasteiger partial charge in [-0.15, -0.1) is 0 Å². The minimum Gasteiger partial charge on any atom is -0.473 e. The standard InChI is InChI=1S/C20H25N3O3S/c1-4-16-13-22(19(25)18-14(2)21-20(26-3)27-18)11-10-17(24)23(16)12-15-8-6-5-7-9-15/h5-9,16H,4,10-13H2,1-3H3/t16-/m1/s1. The molecule has 1 aliphatic heterocycles. The fourth-order valence-electron chi connectivity index (χ4n) is 3.35. The van der Waals surface area contributed by atoms with E-state index in [1.54, 1.807) is 12.0 Å². The molecule has 0 saturated carbocycles. The molecule has 0 N–H and O–H groups in total. The van der Waals surface area contributed by atoms with Crippen molar-refractivity contribution >= 4 is 23.2 Å². The zero-order valence-corrected chi connectivity index (χ0v) is 16.8. The number of amides is 2. The molecule has 0 aliphatic carbocycles. The van der Waals surface area contributed by atoms with Gasteiger partial charge in [0.25, 0.3) is 11.1 Å². The molecule has 0 bridgehead atoms. The number of rotatable bonds is 5. The number of hydrogen-bond donors (Lipinski definition) is 0. The third kappa shape index (κ3) is 4.30. The highest BCUT2D eigenvalue weighted by Gasteiger charge is 2.32. The van der Waals surface area contributed by atoms with E-state index in [9.17, 15) is 9.59 Å². The molecule has 0 unspecified atom stereocenters. The summed E-state index contributed by atoms with van der Waals surface area (Å²) in [5.74, 6) is 0.0284. The van der Waals surface area contributed by atoms with Gasteiger partial charge in [0.1, 0.15) is 4.88 Å². The summed E-state index contributed by atoms with van der Waals surface area (Å²) < 4.78 is 5.15. The number of aryl methyl sites for hydroxylation is 1. The summed E-state index contributed by atoms with van der Waals surface area (Å²) in [7, 11) is 1.55. The first kappa shape index (κ1) is 19.4. The molecule has 6 nitrogen and oxygen atoms in total. The zero-order valence-electron chi connectivity index (χ0n) is 16.0. The first-order valence-electron chi connectivity index (χ1n) is 9.17. The van der Waals surface area contributed by atoms with Crippen LogP contribution in [-0.4, -0.2) is 52.8 Å². The van der Waals surface area contributed by atoms with E-state index in [0.717, 1.165) is 12.0 Å².